The number of carbonyl (C=O) groups is 1. The van der Waals surface area contributed by atoms with Crippen LogP contribution in [0.2, 0.25) is 5.02 Å². The maximum absolute atomic E-state index is 12.3. The predicted octanol–water partition coefficient (Wildman–Crippen LogP) is 2.23. The Bertz CT molecular complexity index is 583. The minimum atomic E-state index is 0.164. The van der Waals surface area contributed by atoms with Crippen LogP contribution >= 0.6 is 11.6 Å². The molecule has 1 aromatic heterocycles. The van der Waals surface area contributed by atoms with E-state index in [0.29, 0.717) is 11.4 Å². The Morgan fingerprint density at radius 1 is 1.25 bits per heavy atom. The summed E-state index contributed by atoms with van der Waals surface area (Å²) in [6, 6.07) is 7.45. The van der Waals surface area contributed by atoms with E-state index in [1.54, 1.807) is 6.33 Å². The third-order valence-corrected chi connectivity index (χ3v) is 3.93. The lowest BCUT2D eigenvalue weighted by atomic mass is 10.1. The van der Waals surface area contributed by atoms with Crippen molar-refractivity contribution in [1.82, 2.24) is 14.9 Å². The Hall–Kier alpha value is -1.81. The molecule has 0 spiro atoms. The van der Waals surface area contributed by atoms with Crippen molar-refractivity contribution >= 4 is 17.5 Å². The van der Waals surface area contributed by atoms with Gasteiger partial charge < -0.3 is 9.88 Å². The quantitative estimate of drug-likeness (QED) is 0.922. The lowest BCUT2D eigenvalue weighted by molar-refractivity contribution is -0.130. The van der Waals surface area contributed by atoms with E-state index in [1.165, 1.54) is 0 Å². The number of imidazole rings is 1. The highest BCUT2D eigenvalue weighted by atomic mass is 35.5. The first-order valence-corrected chi connectivity index (χ1v) is 7.13. The number of fused-ring (bicyclic) bond motifs is 1. The number of nitrogens with one attached hydrogen (secondary N) is 1. The van der Waals surface area contributed by atoms with Gasteiger partial charge >= 0.3 is 0 Å². The van der Waals surface area contributed by atoms with Gasteiger partial charge in [-0.25, -0.2) is 4.98 Å². The maximum atomic E-state index is 12.3. The number of hydrogen-bond donors (Lipinski definition) is 1. The fraction of sp³-hybridized carbons (Fsp3) is 0.333. The molecule has 0 fully saturated rings. The zero-order valence-electron chi connectivity index (χ0n) is 11.1. The van der Waals surface area contributed by atoms with E-state index in [-0.39, 0.29) is 5.91 Å². The lowest BCUT2D eigenvalue weighted by Crippen LogP contribution is -2.34. The van der Waals surface area contributed by atoms with Crippen molar-refractivity contribution in [2.75, 3.05) is 13.1 Å². The molecule has 0 unspecified atom stereocenters. The number of amides is 1. The first kappa shape index (κ1) is 13.2. The number of H-pyrrole nitrogens is 1. The highest BCUT2D eigenvalue weighted by molar-refractivity contribution is 6.30. The summed E-state index contributed by atoms with van der Waals surface area (Å²) < 4.78 is 0. The number of hydrogen-bond acceptors (Lipinski definition) is 2. The number of rotatable bonds is 2. The molecule has 1 N–H and O–H groups in total. The summed E-state index contributed by atoms with van der Waals surface area (Å²) in [6.07, 6.45) is 3.83. The van der Waals surface area contributed by atoms with Crippen LogP contribution < -0.4 is 0 Å². The molecule has 0 bridgehead atoms. The summed E-state index contributed by atoms with van der Waals surface area (Å²) in [7, 11) is 0. The fourth-order valence-corrected chi connectivity index (χ4v) is 2.64. The molecule has 20 heavy (non-hydrogen) atoms. The van der Waals surface area contributed by atoms with Gasteiger partial charge in [0.1, 0.15) is 0 Å². The maximum Gasteiger partial charge on any atom is 0.227 e. The van der Waals surface area contributed by atoms with Crippen LogP contribution in [0.4, 0.5) is 0 Å². The smallest absolute Gasteiger partial charge is 0.227 e. The lowest BCUT2D eigenvalue weighted by Gasteiger charge is -2.20. The van der Waals surface area contributed by atoms with Crippen LogP contribution in [0.1, 0.15) is 17.0 Å². The second kappa shape index (κ2) is 5.67. The highest BCUT2D eigenvalue weighted by Crippen LogP contribution is 2.14. The van der Waals surface area contributed by atoms with Gasteiger partial charge in [0.05, 0.1) is 18.4 Å². The van der Waals surface area contributed by atoms with Gasteiger partial charge in [-0.3, -0.25) is 4.79 Å². The van der Waals surface area contributed by atoms with Gasteiger partial charge in [-0.1, -0.05) is 23.7 Å². The average Bonchev–Trinajstić information content (AvgIpc) is 2.80. The monoisotopic (exact) mass is 289 g/mol. The first-order chi connectivity index (χ1) is 9.72. The van der Waals surface area contributed by atoms with E-state index < -0.39 is 0 Å². The van der Waals surface area contributed by atoms with E-state index in [9.17, 15) is 4.79 Å². The van der Waals surface area contributed by atoms with Crippen molar-refractivity contribution in [3.63, 3.8) is 0 Å². The number of benzene rings is 1. The molecule has 2 heterocycles. The zero-order chi connectivity index (χ0) is 13.9. The molecule has 0 aliphatic carbocycles. The van der Waals surface area contributed by atoms with Gasteiger partial charge in [0, 0.05) is 36.6 Å². The van der Waals surface area contributed by atoms with Crippen LogP contribution in [0.15, 0.2) is 30.6 Å². The molecule has 1 aromatic carbocycles. The van der Waals surface area contributed by atoms with Crippen LogP contribution in [0.5, 0.6) is 0 Å². The molecule has 0 saturated carbocycles. The predicted molar refractivity (Wildman–Crippen MR) is 77.7 cm³/mol. The van der Waals surface area contributed by atoms with Gasteiger partial charge in [0.2, 0.25) is 5.91 Å². The van der Waals surface area contributed by atoms with E-state index in [4.69, 9.17) is 11.6 Å². The van der Waals surface area contributed by atoms with Crippen molar-refractivity contribution in [3.8, 4) is 0 Å². The molecular formula is C15H16ClN3O. The van der Waals surface area contributed by atoms with E-state index in [2.05, 4.69) is 9.97 Å². The van der Waals surface area contributed by atoms with Crippen molar-refractivity contribution < 1.29 is 4.79 Å². The first-order valence-electron chi connectivity index (χ1n) is 6.76. The molecule has 4 nitrogen and oxygen atoms in total. The second-order valence-electron chi connectivity index (χ2n) is 5.01. The van der Waals surface area contributed by atoms with E-state index >= 15 is 0 Å². The molecule has 5 heteroatoms. The van der Waals surface area contributed by atoms with Crippen molar-refractivity contribution in [1.29, 1.82) is 0 Å². The third kappa shape index (κ3) is 2.85. The zero-order valence-corrected chi connectivity index (χ0v) is 11.9. The number of aromatic amines is 1. The fourth-order valence-electron chi connectivity index (χ4n) is 2.52. The standard InChI is InChI=1S/C15H16ClN3O/c16-12-3-1-11(2-4-12)9-15(20)19-7-5-13-14(6-8-19)18-10-17-13/h1-4,10H,5-9H2,(H,17,18). The normalized spacial score (nSPS) is 14.8. The summed E-state index contributed by atoms with van der Waals surface area (Å²) in [6.45, 7) is 1.49. The molecule has 3 rings (SSSR count). The van der Waals surface area contributed by atoms with Crippen LogP contribution in [0, 0.1) is 0 Å². The minimum absolute atomic E-state index is 0.164. The Kier molecular flexibility index (Phi) is 3.74. The molecule has 1 aliphatic heterocycles. The molecule has 0 atom stereocenters. The van der Waals surface area contributed by atoms with Crippen molar-refractivity contribution in [3.05, 3.63) is 52.6 Å². The van der Waals surface area contributed by atoms with Crippen molar-refractivity contribution in [2.45, 2.75) is 19.3 Å². The highest BCUT2D eigenvalue weighted by Gasteiger charge is 2.19. The summed E-state index contributed by atoms with van der Waals surface area (Å²) in [5.74, 6) is 0.164. The molecule has 0 saturated heterocycles. The molecular weight excluding hydrogens is 274 g/mol. The summed E-state index contributed by atoms with van der Waals surface area (Å²) >= 11 is 5.85. The third-order valence-electron chi connectivity index (χ3n) is 3.68. The van der Waals surface area contributed by atoms with Crippen LogP contribution in [-0.2, 0) is 24.1 Å². The summed E-state index contributed by atoms with van der Waals surface area (Å²) in [5, 5.41) is 0.695. The Balaban J connectivity index is 1.63. The Labute approximate surface area is 122 Å². The summed E-state index contributed by atoms with van der Waals surface area (Å²) in [5.41, 5.74) is 3.25. The summed E-state index contributed by atoms with van der Waals surface area (Å²) in [4.78, 5) is 21.7. The number of nitrogens with zero attached hydrogens (tertiary/aromatic N) is 2. The van der Waals surface area contributed by atoms with Gasteiger partial charge in [0.25, 0.3) is 0 Å². The molecule has 0 radical (unpaired) electrons. The van der Waals surface area contributed by atoms with Gasteiger partial charge in [-0.15, -0.1) is 0 Å². The van der Waals surface area contributed by atoms with Crippen LogP contribution in [0.3, 0.4) is 0 Å². The SMILES string of the molecule is O=C(Cc1ccc(Cl)cc1)N1CCc2nc[nH]c2CC1. The number of halogens is 1. The number of carbonyl (C=O) groups excluding carboxylic acids is 1. The number of aromatic nitrogens is 2. The van der Waals surface area contributed by atoms with Crippen molar-refractivity contribution in [2.24, 2.45) is 0 Å². The van der Waals surface area contributed by atoms with Gasteiger partial charge in [-0.05, 0) is 17.7 Å². The molecule has 2 aromatic rings. The van der Waals surface area contributed by atoms with E-state index in [0.717, 1.165) is 42.9 Å². The molecule has 1 amide bonds. The van der Waals surface area contributed by atoms with Gasteiger partial charge in [0.15, 0.2) is 0 Å². The second-order valence-corrected chi connectivity index (χ2v) is 5.45. The Morgan fingerprint density at radius 3 is 2.80 bits per heavy atom. The van der Waals surface area contributed by atoms with Gasteiger partial charge in [-0.2, -0.15) is 0 Å². The van der Waals surface area contributed by atoms with E-state index in [1.807, 2.05) is 29.2 Å². The molecule has 1 aliphatic rings. The molecule has 104 valence electrons. The largest absolute Gasteiger partial charge is 0.348 e. The topological polar surface area (TPSA) is 49.0 Å². The minimum Gasteiger partial charge on any atom is -0.348 e. The van der Waals surface area contributed by atoms with Crippen LogP contribution in [0.25, 0.3) is 0 Å². The Morgan fingerprint density at radius 2 is 2.00 bits per heavy atom. The van der Waals surface area contributed by atoms with Crippen LogP contribution in [-0.4, -0.2) is 33.9 Å². The average molecular weight is 290 g/mol.